The minimum atomic E-state index is -0.767. The molecule has 0 saturated carbocycles. The van der Waals surface area contributed by atoms with E-state index in [4.69, 9.17) is 4.74 Å². The number of amides is 1. The summed E-state index contributed by atoms with van der Waals surface area (Å²) < 4.78 is 9.89. The first-order valence-corrected chi connectivity index (χ1v) is 5.65. The van der Waals surface area contributed by atoms with E-state index in [1.807, 2.05) is 0 Å². The molecule has 1 amide bonds. The number of carbonyl (C=O) groups excluding carboxylic acids is 2. The van der Waals surface area contributed by atoms with E-state index in [1.54, 1.807) is 14.0 Å². The molecule has 0 aromatic heterocycles. The van der Waals surface area contributed by atoms with Gasteiger partial charge in [-0.2, -0.15) is 0 Å². The van der Waals surface area contributed by atoms with Gasteiger partial charge in [-0.15, -0.1) is 0 Å². The predicted molar refractivity (Wildman–Crippen MR) is 57.8 cm³/mol. The maximum absolute atomic E-state index is 11.5. The summed E-state index contributed by atoms with van der Waals surface area (Å²) in [7, 11) is 1.63. The Morgan fingerprint density at radius 3 is 2.56 bits per heavy atom. The highest BCUT2D eigenvalue weighted by Gasteiger charge is 2.23. The molecule has 0 N–H and O–H groups in total. The van der Waals surface area contributed by atoms with Gasteiger partial charge in [-0.1, -0.05) is 0 Å². The van der Waals surface area contributed by atoms with Gasteiger partial charge in [0.05, 0.1) is 6.61 Å². The quantitative estimate of drug-likeness (QED) is 0.520. The van der Waals surface area contributed by atoms with Crippen LogP contribution in [0.1, 0.15) is 19.8 Å². The van der Waals surface area contributed by atoms with Crippen LogP contribution in [-0.4, -0.2) is 50.2 Å². The third-order valence-electron chi connectivity index (χ3n) is 2.67. The maximum atomic E-state index is 11.5. The molecule has 0 aromatic rings. The zero-order valence-electron chi connectivity index (χ0n) is 9.90. The smallest absolute Gasteiger partial charge is 0.396 e. The maximum Gasteiger partial charge on any atom is 0.396 e. The summed E-state index contributed by atoms with van der Waals surface area (Å²) in [5.74, 6) is -0.900. The topological polar surface area (TPSA) is 55.8 Å². The fraction of sp³-hybridized carbons (Fsp3) is 0.818. The zero-order valence-corrected chi connectivity index (χ0v) is 9.90. The van der Waals surface area contributed by atoms with Crippen molar-refractivity contribution < 1.29 is 19.1 Å². The van der Waals surface area contributed by atoms with Crippen molar-refractivity contribution in [1.82, 2.24) is 4.90 Å². The van der Waals surface area contributed by atoms with Crippen molar-refractivity contribution in [2.45, 2.75) is 19.8 Å². The van der Waals surface area contributed by atoms with Crippen LogP contribution in [0.5, 0.6) is 0 Å². The Morgan fingerprint density at radius 2 is 2.00 bits per heavy atom. The molecule has 0 spiro atoms. The monoisotopic (exact) mass is 229 g/mol. The number of nitrogens with zero attached hydrogens (tertiary/aromatic N) is 1. The van der Waals surface area contributed by atoms with Crippen LogP contribution >= 0.6 is 0 Å². The minimum Gasteiger partial charge on any atom is -0.459 e. The molecule has 5 nitrogen and oxygen atoms in total. The lowest BCUT2D eigenvalue weighted by atomic mass is 10.00. The molecule has 0 bridgehead atoms. The molecular formula is C11H19NO4. The van der Waals surface area contributed by atoms with Gasteiger partial charge >= 0.3 is 11.9 Å². The van der Waals surface area contributed by atoms with Crippen LogP contribution in [0, 0.1) is 5.92 Å². The highest BCUT2D eigenvalue weighted by molar-refractivity contribution is 6.32. The van der Waals surface area contributed by atoms with Crippen LogP contribution in [-0.2, 0) is 19.1 Å². The average Bonchev–Trinajstić information content (AvgIpc) is 2.29. The van der Waals surface area contributed by atoms with Crippen LogP contribution in [0.4, 0.5) is 0 Å². The predicted octanol–water partition coefficient (Wildman–Crippen LogP) is 0.434. The molecule has 0 aromatic carbocycles. The Bertz CT molecular complexity index is 248. The highest BCUT2D eigenvalue weighted by Crippen LogP contribution is 2.15. The van der Waals surface area contributed by atoms with Gasteiger partial charge in [0.25, 0.3) is 0 Å². The van der Waals surface area contributed by atoms with E-state index in [9.17, 15) is 9.59 Å². The third kappa shape index (κ3) is 3.81. The fourth-order valence-corrected chi connectivity index (χ4v) is 1.75. The first-order chi connectivity index (χ1) is 7.65. The van der Waals surface area contributed by atoms with Crippen LogP contribution < -0.4 is 0 Å². The summed E-state index contributed by atoms with van der Waals surface area (Å²) in [5.41, 5.74) is 0. The standard InChI is InChI=1S/C11H19NO4/c1-3-16-11(14)10(13)12(2)8-9-4-6-15-7-5-9/h9H,3-8H2,1-2H3. The van der Waals surface area contributed by atoms with E-state index < -0.39 is 11.9 Å². The molecule has 92 valence electrons. The number of hydrogen-bond acceptors (Lipinski definition) is 4. The summed E-state index contributed by atoms with van der Waals surface area (Å²) in [6.45, 7) is 4.00. The van der Waals surface area contributed by atoms with Gasteiger partial charge in [0.15, 0.2) is 0 Å². The second kappa shape index (κ2) is 6.48. The van der Waals surface area contributed by atoms with E-state index in [0.29, 0.717) is 12.5 Å². The Kier molecular flexibility index (Phi) is 5.25. The van der Waals surface area contributed by atoms with E-state index in [0.717, 1.165) is 26.1 Å². The number of ether oxygens (including phenoxy) is 2. The van der Waals surface area contributed by atoms with Gasteiger partial charge in [-0.05, 0) is 25.7 Å². The number of hydrogen-bond donors (Lipinski definition) is 0. The summed E-state index contributed by atoms with van der Waals surface area (Å²) in [6, 6.07) is 0. The number of rotatable bonds is 3. The van der Waals surface area contributed by atoms with Crippen LogP contribution in [0.15, 0.2) is 0 Å². The van der Waals surface area contributed by atoms with Gasteiger partial charge in [0.2, 0.25) is 0 Å². The molecule has 5 heteroatoms. The van der Waals surface area contributed by atoms with Crippen molar-refractivity contribution in [2.24, 2.45) is 5.92 Å². The molecule has 1 rings (SSSR count). The van der Waals surface area contributed by atoms with Crippen molar-refractivity contribution in [2.75, 3.05) is 33.4 Å². The van der Waals surface area contributed by atoms with E-state index in [1.165, 1.54) is 4.90 Å². The lowest BCUT2D eigenvalue weighted by Crippen LogP contribution is -2.39. The van der Waals surface area contributed by atoms with Crippen molar-refractivity contribution >= 4 is 11.9 Å². The summed E-state index contributed by atoms with van der Waals surface area (Å²) in [5, 5.41) is 0. The molecule has 1 saturated heterocycles. The molecule has 0 unspecified atom stereocenters. The van der Waals surface area contributed by atoms with E-state index in [2.05, 4.69) is 4.74 Å². The van der Waals surface area contributed by atoms with Gasteiger partial charge < -0.3 is 14.4 Å². The first kappa shape index (κ1) is 13.0. The Labute approximate surface area is 95.7 Å². The summed E-state index contributed by atoms with van der Waals surface area (Å²) in [6.07, 6.45) is 1.89. The SMILES string of the molecule is CCOC(=O)C(=O)N(C)CC1CCOCC1. The molecule has 1 aliphatic heterocycles. The van der Waals surface area contributed by atoms with Gasteiger partial charge in [0.1, 0.15) is 0 Å². The zero-order chi connectivity index (χ0) is 12.0. The van der Waals surface area contributed by atoms with Crippen molar-refractivity contribution in [3.8, 4) is 0 Å². The molecule has 16 heavy (non-hydrogen) atoms. The van der Waals surface area contributed by atoms with Crippen molar-refractivity contribution in [3.05, 3.63) is 0 Å². The molecule has 1 heterocycles. The Balaban J connectivity index is 2.35. The summed E-state index contributed by atoms with van der Waals surface area (Å²) >= 11 is 0. The Hall–Kier alpha value is -1.10. The van der Waals surface area contributed by atoms with Crippen molar-refractivity contribution in [1.29, 1.82) is 0 Å². The molecule has 0 atom stereocenters. The molecule has 0 radical (unpaired) electrons. The first-order valence-electron chi connectivity index (χ1n) is 5.65. The van der Waals surface area contributed by atoms with Crippen LogP contribution in [0.25, 0.3) is 0 Å². The second-order valence-electron chi connectivity index (χ2n) is 3.96. The van der Waals surface area contributed by atoms with Gasteiger partial charge in [-0.25, -0.2) is 4.79 Å². The van der Waals surface area contributed by atoms with Gasteiger partial charge in [-0.3, -0.25) is 4.79 Å². The lowest BCUT2D eigenvalue weighted by Gasteiger charge is -2.26. The fourth-order valence-electron chi connectivity index (χ4n) is 1.75. The van der Waals surface area contributed by atoms with E-state index >= 15 is 0 Å². The largest absolute Gasteiger partial charge is 0.459 e. The normalized spacial score (nSPS) is 16.9. The number of carbonyl (C=O) groups is 2. The average molecular weight is 229 g/mol. The van der Waals surface area contributed by atoms with Crippen LogP contribution in [0.3, 0.4) is 0 Å². The van der Waals surface area contributed by atoms with Crippen LogP contribution in [0.2, 0.25) is 0 Å². The lowest BCUT2D eigenvalue weighted by molar-refractivity contribution is -0.159. The Morgan fingerprint density at radius 1 is 1.38 bits per heavy atom. The number of likely N-dealkylation sites (N-methyl/N-ethyl adjacent to an activating group) is 1. The third-order valence-corrected chi connectivity index (χ3v) is 2.67. The molecule has 0 aliphatic carbocycles. The molecular weight excluding hydrogens is 210 g/mol. The minimum absolute atomic E-state index is 0.232. The molecule has 1 aliphatic rings. The van der Waals surface area contributed by atoms with Gasteiger partial charge in [0, 0.05) is 26.8 Å². The summed E-state index contributed by atoms with van der Waals surface area (Å²) in [4.78, 5) is 24.2. The van der Waals surface area contributed by atoms with E-state index in [-0.39, 0.29) is 6.61 Å². The molecule has 1 fully saturated rings. The second-order valence-corrected chi connectivity index (χ2v) is 3.96. The number of esters is 1. The highest BCUT2D eigenvalue weighted by atomic mass is 16.5. The van der Waals surface area contributed by atoms with Crippen molar-refractivity contribution in [3.63, 3.8) is 0 Å².